The van der Waals surface area contributed by atoms with Crippen molar-refractivity contribution in [3.8, 4) is 0 Å². The third-order valence-electron chi connectivity index (χ3n) is 7.19. The van der Waals surface area contributed by atoms with Crippen molar-refractivity contribution in [2.75, 3.05) is 25.1 Å². The van der Waals surface area contributed by atoms with E-state index >= 15 is 0 Å². The van der Waals surface area contributed by atoms with Crippen LogP contribution in [-0.2, 0) is 21.5 Å². The number of esters is 1. The molecule has 8 nitrogen and oxygen atoms in total. The van der Waals surface area contributed by atoms with Gasteiger partial charge in [-0.25, -0.2) is 13.6 Å². The second-order valence-electron chi connectivity index (χ2n) is 10.6. The maximum Gasteiger partial charge on any atom is 0.341 e. The number of hydrogen-bond donors (Lipinski definition) is 2. The summed E-state index contributed by atoms with van der Waals surface area (Å²) >= 11 is 5.58. The van der Waals surface area contributed by atoms with Crippen molar-refractivity contribution in [3.63, 3.8) is 0 Å². The summed E-state index contributed by atoms with van der Waals surface area (Å²) in [5.74, 6) is -2.61. The molecule has 0 spiro atoms. The van der Waals surface area contributed by atoms with Gasteiger partial charge < -0.3 is 29.3 Å². The van der Waals surface area contributed by atoms with Crippen LogP contribution in [0.3, 0.4) is 0 Å². The molecule has 2 aromatic heterocycles. The Labute approximate surface area is 246 Å². The van der Waals surface area contributed by atoms with E-state index in [1.54, 1.807) is 13.2 Å². The molecule has 0 saturated heterocycles. The van der Waals surface area contributed by atoms with E-state index in [0.717, 1.165) is 40.0 Å². The number of carbonyl (C=O) groups is 2. The second kappa shape index (κ2) is 11.4. The van der Waals surface area contributed by atoms with E-state index in [4.69, 9.17) is 21.4 Å². The molecule has 1 aliphatic rings. The van der Waals surface area contributed by atoms with Gasteiger partial charge in [-0.3, -0.25) is 4.79 Å². The van der Waals surface area contributed by atoms with Crippen LogP contribution in [0.5, 0.6) is 0 Å². The van der Waals surface area contributed by atoms with Crippen molar-refractivity contribution < 1.29 is 27.5 Å². The molecule has 4 aromatic rings. The highest BCUT2D eigenvalue weighted by molar-refractivity contribution is 7.80. The summed E-state index contributed by atoms with van der Waals surface area (Å²) in [5.41, 5.74) is 2.36. The molecule has 1 amide bonds. The largest absolute Gasteiger partial charge is 0.467 e. The summed E-state index contributed by atoms with van der Waals surface area (Å²) in [6.45, 7) is 6.34. The van der Waals surface area contributed by atoms with Crippen LogP contribution in [0.4, 0.5) is 14.5 Å². The van der Waals surface area contributed by atoms with Gasteiger partial charge in [-0.2, -0.15) is 0 Å². The maximum absolute atomic E-state index is 14.0. The molecule has 0 fully saturated rings. The smallest absolute Gasteiger partial charge is 0.341 e. The molecule has 2 aromatic carbocycles. The number of benzene rings is 2. The number of aromatic amines is 1. The van der Waals surface area contributed by atoms with E-state index in [0.29, 0.717) is 17.4 Å². The van der Waals surface area contributed by atoms with Crippen LogP contribution >= 0.6 is 12.2 Å². The highest BCUT2D eigenvalue weighted by atomic mass is 32.1. The number of halogens is 2. The number of carbonyl (C=O) groups excluding carboxylic acids is 2. The van der Waals surface area contributed by atoms with Crippen molar-refractivity contribution in [1.82, 2.24) is 15.2 Å². The molecule has 1 aliphatic heterocycles. The number of ether oxygens (including phenoxy) is 1. The zero-order valence-electron chi connectivity index (χ0n) is 23.6. The summed E-state index contributed by atoms with van der Waals surface area (Å²) in [6, 6.07) is 12.5. The number of nitrogens with one attached hydrogen (secondary N) is 2. The Morgan fingerprint density at radius 3 is 2.64 bits per heavy atom. The first-order valence-electron chi connectivity index (χ1n) is 13.4. The molecule has 11 heteroatoms. The molecular formula is C31H30F2N4O4S. The van der Waals surface area contributed by atoms with Crippen LogP contribution in [-0.4, -0.2) is 47.1 Å². The third-order valence-corrected chi connectivity index (χ3v) is 7.61. The minimum absolute atomic E-state index is 0.0381. The number of nitrogens with zero attached hydrogens (tertiary/aromatic N) is 2. The highest BCUT2D eigenvalue weighted by Gasteiger charge is 2.37. The second-order valence-corrected chi connectivity index (χ2v) is 11.0. The molecule has 0 radical (unpaired) electrons. The third kappa shape index (κ3) is 5.52. The van der Waals surface area contributed by atoms with Gasteiger partial charge in [0.05, 0.1) is 30.7 Å². The Hall–Kier alpha value is -4.51. The minimum Gasteiger partial charge on any atom is -0.467 e. The normalized spacial score (nSPS) is 14.1. The molecular weight excluding hydrogens is 562 g/mol. The van der Waals surface area contributed by atoms with Crippen molar-refractivity contribution >= 4 is 51.4 Å². The van der Waals surface area contributed by atoms with Gasteiger partial charge in [0.25, 0.3) is 5.91 Å². The van der Waals surface area contributed by atoms with Gasteiger partial charge >= 0.3 is 5.97 Å². The highest BCUT2D eigenvalue weighted by Crippen LogP contribution is 2.41. The van der Waals surface area contributed by atoms with Crippen LogP contribution in [0.1, 0.15) is 48.1 Å². The zero-order valence-corrected chi connectivity index (χ0v) is 24.4. The average molecular weight is 593 g/mol. The minimum atomic E-state index is -1.13. The molecule has 2 N–H and O–H groups in total. The fourth-order valence-electron chi connectivity index (χ4n) is 5.17. The Kier molecular flexibility index (Phi) is 7.87. The first-order valence-corrected chi connectivity index (χ1v) is 13.8. The number of fused-ring (bicyclic) bond motifs is 3. The SMILES string of the molecule is CCOC(=O)C1=CN(C(=O)c2ccc(F)c(F)c2)CC(C)(C)c2c1[nH]c1cc(N(C)C(=S)NCc3ccco3)ccc21. The molecule has 218 valence electrons. The van der Waals surface area contributed by atoms with Gasteiger partial charge in [0, 0.05) is 47.4 Å². The predicted molar refractivity (Wildman–Crippen MR) is 160 cm³/mol. The lowest BCUT2D eigenvalue weighted by molar-refractivity contribution is -0.136. The number of rotatable bonds is 6. The summed E-state index contributed by atoms with van der Waals surface area (Å²) < 4.78 is 38.3. The quantitative estimate of drug-likeness (QED) is 0.213. The van der Waals surface area contributed by atoms with E-state index in [9.17, 15) is 18.4 Å². The van der Waals surface area contributed by atoms with Gasteiger partial charge in [0.2, 0.25) is 0 Å². The Morgan fingerprint density at radius 1 is 1.17 bits per heavy atom. The number of amides is 1. The van der Waals surface area contributed by atoms with Crippen LogP contribution in [0.15, 0.2) is 65.4 Å². The van der Waals surface area contributed by atoms with Crippen LogP contribution < -0.4 is 10.2 Å². The van der Waals surface area contributed by atoms with Crippen LogP contribution in [0.25, 0.3) is 16.5 Å². The Bertz CT molecular complexity index is 1710. The fourth-order valence-corrected chi connectivity index (χ4v) is 5.35. The number of anilines is 1. The maximum atomic E-state index is 14.0. The van der Waals surface area contributed by atoms with Gasteiger partial charge in [-0.15, -0.1) is 0 Å². The fraction of sp³-hybridized carbons (Fsp3) is 0.258. The van der Waals surface area contributed by atoms with Gasteiger partial charge in [0.1, 0.15) is 5.76 Å². The van der Waals surface area contributed by atoms with Gasteiger partial charge in [-0.1, -0.05) is 19.9 Å². The summed E-state index contributed by atoms with van der Waals surface area (Å²) in [6.07, 6.45) is 3.02. The molecule has 0 bridgehead atoms. The summed E-state index contributed by atoms with van der Waals surface area (Å²) in [4.78, 5) is 33.3. The van der Waals surface area contributed by atoms with E-state index < -0.39 is 28.9 Å². The summed E-state index contributed by atoms with van der Waals surface area (Å²) in [7, 11) is 1.85. The van der Waals surface area contributed by atoms with Gasteiger partial charge in [-0.05, 0) is 67.2 Å². The molecule has 42 heavy (non-hydrogen) atoms. The number of thiocarbonyl (C=S) groups is 1. The topological polar surface area (TPSA) is 90.8 Å². The number of aromatic nitrogens is 1. The predicted octanol–water partition coefficient (Wildman–Crippen LogP) is 5.89. The molecule has 0 aliphatic carbocycles. The Balaban J connectivity index is 1.54. The lowest BCUT2D eigenvalue weighted by Gasteiger charge is -2.30. The molecule has 3 heterocycles. The van der Waals surface area contributed by atoms with E-state index in [-0.39, 0.29) is 24.3 Å². The van der Waals surface area contributed by atoms with Crippen molar-refractivity contribution in [3.05, 3.63) is 95.2 Å². The summed E-state index contributed by atoms with van der Waals surface area (Å²) in [5, 5.41) is 4.53. The van der Waals surface area contributed by atoms with E-state index in [2.05, 4.69) is 10.3 Å². The number of furan rings is 1. The van der Waals surface area contributed by atoms with Crippen molar-refractivity contribution in [2.45, 2.75) is 32.7 Å². The lowest BCUT2D eigenvalue weighted by Crippen LogP contribution is -2.37. The average Bonchev–Trinajstić information content (AvgIpc) is 3.60. The lowest BCUT2D eigenvalue weighted by atomic mass is 9.81. The van der Waals surface area contributed by atoms with E-state index in [1.165, 1.54) is 17.2 Å². The number of hydrogen-bond acceptors (Lipinski definition) is 5. The first kappa shape index (κ1) is 29.0. The van der Waals surface area contributed by atoms with Crippen molar-refractivity contribution in [1.29, 1.82) is 0 Å². The first-order chi connectivity index (χ1) is 20.0. The van der Waals surface area contributed by atoms with E-state index in [1.807, 2.05) is 56.1 Å². The van der Waals surface area contributed by atoms with Crippen molar-refractivity contribution in [2.24, 2.45) is 0 Å². The molecule has 0 saturated carbocycles. The molecule has 5 rings (SSSR count). The Morgan fingerprint density at radius 2 is 1.95 bits per heavy atom. The molecule has 0 atom stereocenters. The van der Waals surface area contributed by atoms with Crippen LogP contribution in [0, 0.1) is 11.6 Å². The monoisotopic (exact) mass is 592 g/mol. The zero-order chi connectivity index (χ0) is 30.2. The molecule has 0 unspecified atom stereocenters. The standard InChI is InChI=1S/C31H30F2N4O4S/c1-5-40-29(39)22-16-37(28(38)18-8-11-23(32)24(33)13-18)17-31(2,3)26-21-10-9-19(14-25(21)35-27(22)26)36(4)30(42)34-15-20-7-6-12-41-20/h6-14,16,35H,5,15,17H2,1-4H3,(H,34,42). The van der Waals surface area contributed by atoms with Gasteiger partial charge in [0.15, 0.2) is 16.7 Å². The van der Waals surface area contributed by atoms with Crippen LogP contribution in [0.2, 0.25) is 0 Å². The number of H-pyrrole nitrogens is 1.